The second kappa shape index (κ2) is 9.23. The van der Waals surface area contributed by atoms with Crippen molar-refractivity contribution >= 4 is 5.82 Å². The first kappa shape index (κ1) is 20.4. The van der Waals surface area contributed by atoms with Crippen LogP contribution in [0.15, 0.2) is 42.6 Å². The minimum absolute atomic E-state index is 0.288. The van der Waals surface area contributed by atoms with E-state index < -0.39 is 11.7 Å². The Morgan fingerprint density at radius 2 is 1.75 bits per heavy atom. The lowest BCUT2D eigenvalue weighted by atomic mass is 10.2. The summed E-state index contributed by atoms with van der Waals surface area (Å²) >= 11 is 0. The van der Waals surface area contributed by atoms with E-state index in [-0.39, 0.29) is 5.82 Å². The second-order valence-electron chi connectivity index (χ2n) is 6.74. The monoisotopic (exact) mass is 397 g/mol. The fourth-order valence-corrected chi connectivity index (χ4v) is 3.17. The third kappa shape index (κ3) is 5.82. The van der Waals surface area contributed by atoms with Crippen LogP contribution in [0.5, 0.6) is 5.75 Å². The molecule has 0 radical (unpaired) electrons. The van der Waals surface area contributed by atoms with Gasteiger partial charge in [0.05, 0.1) is 12.2 Å². The van der Waals surface area contributed by atoms with Gasteiger partial charge in [-0.1, -0.05) is 0 Å². The second-order valence-corrected chi connectivity index (χ2v) is 6.74. The van der Waals surface area contributed by atoms with Crippen molar-refractivity contribution in [2.45, 2.75) is 19.0 Å². The predicted octanol–water partition coefficient (Wildman–Crippen LogP) is 4.22. The molecular weight excluding hydrogens is 374 g/mol. The number of benzene rings is 1. The molecule has 0 bridgehead atoms. The van der Waals surface area contributed by atoms with E-state index in [0.717, 1.165) is 57.8 Å². The van der Waals surface area contributed by atoms with Gasteiger partial charge in [0.25, 0.3) is 0 Å². The number of rotatable bonds is 6. The number of alkyl halides is 3. The van der Waals surface area contributed by atoms with E-state index in [0.29, 0.717) is 18.2 Å². The molecule has 1 aliphatic heterocycles. The van der Waals surface area contributed by atoms with E-state index >= 15 is 0 Å². The van der Waals surface area contributed by atoms with Crippen LogP contribution in [0.4, 0.5) is 23.4 Å². The molecule has 152 valence electrons. The van der Waals surface area contributed by atoms with Gasteiger partial charge in [-0.2, -0.15) is 13.2 Å². The molecular formula is C20H23F4N3O. The van der Waals surface area contributed by atoms with Crippen LogP contribution in [0.2, 0.25) is 0 Å². The number of hydrogen-bond acceptors (Lipinski definition) is 4. The Morgan fingerprint density at radius 1 is 0.964 bits per heavy atom. The summed E-state index contributed by atoms with van der Waals surface area (Å²) in [6.45, 7) is 4.65. The predicted molar refractivity (Wildman–Crippen MR) is 99.0 cm³/mol. The standard InChI is InChI=1S/C20H23F4N3O/c21-17-4-6-18(7-5-17)28-14-2-10-26-9-1-11-27(13-12-26)19-8-3-16(15-25-19)20(22,23)24/h3-8,15H,1-2,9-14H2. The van der Waals surface area contributed by atoms with Crippen molar-refractivity contribution in [3.05, 3.63) is 54.0 Å². The van der Waals surface area contributed by atoms with Gasteiger partial charge in [-0.15, -0.1) is 0 Å². The third-order valence-corrected chi connectivity index (χ3v) is 4.69. The molecule has 4 nitrogen and oxygen atoms in total. The number of aromatic nitrogens is 1. The molecule has 1 aromatic carbocycles. The van der Waals surface area contributed by atoms with E-state index in [9.17, 15) is 17.6 Å². The summed E-state index contributed by atoms with van der Waals surface area (Å²) in [6.07, 6.45) is -1.71. The van der Waals surface area contributed by atoms with Crippen LogP contribution in [0.1, 0.15) is 18.4 Å². The van der Waals surface area contributed by atoms with Gasteiger partial charge in [0, 0.05) is 32.4 Å². The zero-order valence-corrected chi connectivity index (χ0v) is 15.5. The lowest BCUT2D eigenvalue weighted by Gasteiger charge is -2.23. The maximum absolute atomic E-state index is 12.9. The Kier molecular flexibility index (Phi) is 6.72. The number of ether oxygens (including phenoxy) is 1. The summed E-state index contributed by atoms with van der Waals surface area (Å²) < 4.78 is 56.5. The highest BCUT2D eigenvalue weighted by atomic mass is 19.4. The first-order chi connectivity index (χ1) is 13.4. The molecule has 3 rings (SSSR count). The van der Waals surface area contributed by atoms with Gasteiger partial charge in [-0.05, 0) is 55.8 Å². The van der Waals surface area contributed by atoms with Crippen LogP contribution in [0.3, 0.4) is 0 Å². The molecule has 0 N–H and O–H groups in total. The molecule has 1 aromatic heterocycles. The average molecular weight is 397 g/mol. The first-order valence-corrected chi connectivity index (χ1v) is 9.31. The summed E-state index contributed by atoms with van der Waals surface area (Å²) in [4.78, 5) is 8.33. The van der Waals surface area contributed by atoms with Crippen molar-refractivity contribution in [2.75, 3.05) is 44.2 Å². The van der Waals surface area contributed by atoms with Gasteiger partial charge in [0.2, 0.25) is 0 Å². The Labute approximate surface area is 161 Å². The molecule has 1 aliphatic rings. The third-order valence-electron chi connectivity index (χ3n) is 4.69. The SMILES string of the molecule is Fc1ccc(OCCCN2CCCN(c3ccc(C(F)(F)F)cn3)CC2)cc1. The van der Waals surface area contributed by atoms with Crippen molar-refractivity contribution < 1.29 is 22.3 Å². The molecule has 0 unspecified atom stereocenters. The van der Waals surface area contributed by atoms with Crippen molar-refractivity contribution in [1.82, 2.24) is 9.88 Å². The normalized spacial score (nSPS) is 16.1. The van der Waals surface area contributed by atoms with Gasteiger partial charge in [0.15, 0.2) is 0 Å². The highest BCUT2D eigenvalue weighted by Crippen LogP contribution is 2.29. The molecule has 1 fully saturated rings. The molecule has 0 atom stereocenters. The summed E-state index contributed by atoms with van der Waals surface area (Å²) in [7, 11) is 0. The lowest BCUT2D eigenvalue weighted by molar-refractivity contribution is -0.137. The van der Waals surface area contributed by atoms with Crippen LogP contribution in [-0.4, -0.2) is 49.2 Å². The van der Waals surface area contributed by atoms with E-state index in [1.54, 1.807) is 12.1 Å². The molecule has 0 amide bonds. The van der Waals surface area contributed by atoms with Gasteiger partial charge in [-0.3, -0.25) is 0 Å². The van der Waals surface area contributed by atoms with Crippen LogP contribution >= 0.6 is 0 Å². The Balaban J connectivity index is 1.42. The zero-order chi connectivity index (χ0) is 20.0. The minimum atomic E-state index is -4.36. The van der Waals surface area contributed by atoms with Crippen molar-refractivity contribution in [3.63, 3.8) is 0 Å². The molecule has 1 saturated heterocycles. The summed E-state index contributed by atoms with van der Waals surface area (Å²) in [5, 5.41) is 0. The van der Waals surface area contributed by atoms with E-state index in [1.165, 1.54) is 18.2 Å². The molecule has 0 aliphatic carbocycles. The van der Waals surface area contributed by atoms with Crippen LogP contribution in [0.25, 0.3) is 0 Å². The fourth-order valence-electron chi connectivity index (χ4n) is 3.17. The van der Waals surface area contributed by atoms with Gasteiger partial charge >= 0.3 is 6.18 Å². The van der Waals surface area contributed by atoms with Crippen molar-refractivity contribution in [2.24, 2.45) is 0 Å². The Bertz CT molecular complexity index is 735. The minimum Gasteiger partial charge on any atom is -0.494 e. The van der Waals surface area contributed by atoms with E-state index in [2.05, 4.69) is 9.88 Å². The number of halogens is 4. The van der Waals surface area contributed by atoms with E-state index in [4.69, 9.17) is 4.74 Å². The Hall–Kier alpha value is -2.35. The molecule has 2 aromatic rings. The summed E-state index contributed by atoms with van der Waals surface area (Å²) in [5.74, 6) is 0.940. The number of hydrogen-bond donors (Lipinski definition) is 0. The van der Waals surface area contributed by atoms with Crippen molar-refractivity contribution in [3.8, 4) is 5.75 Å². The molecule has 0 saturated carbocycles. The topological polar surface area (TPSA) is 28.6 Å². The van der Waals surface area contributed by atoms with Gasteiger partial charge < -0.3 is 14.5 Å². The highest BCUT2D eigenvalue weighted by molar-refractivity contribution is 5.40. The first-order valence-electron chi connectivity index (χ1n) is 9.31. The Morgan fingerprint density at radius 3 is 2.43 bits per heavy atom. The van der Waals surface area contributed by atoms with Crippen LogP contribution < -0.4 is 9.64 Å². The summed E-state index contributed by atoms with van der Waals surface area (Å²) in [5.41, 5.74) is -0.728. The quantitative estimate of drug-likeness (QED) is 0.539. The average Bonchev–Trinajstić information content (AvgIpc) is 2.92. The molecule has 8 heteroatoms. The number of nitrogens with zero attached hydrogens (tertiary/aromatic N) is 3. The zero-order valence-electron chi connectivity index (χ0n) is 15.5. The summed E-state index contributed by atoms with van der Waals surface area (Å²) in [6, 6.07) is 8.47. The van der Waals surface area contributed by atoms with Crippen LogP contribution in [-0.2, 0) is 6.18 Å². The van der Waals surface area contributed by atoms with Gasteiger partial charge in [-0.25, -0.2) is 9.37 Å². The van der Waals surface area contributed by atoms with Crippen LogP contribution in [0, 0.1) is 5.82 Å². The van der Waals surface area contributed by atoms with E-state index in [1.807, 2.05) is 4.90 Å². The van der Waals surface area contributed by atoms with Gasteiger partial charge in [0.1, 0.15) is 17.4 Å². The number of anilines is 1. The smallest absolute Gasteiger partial charge is 0.417 e. The molecule has 2 heterocycles. The highest BCUT2D eigenvalue weighted by Gasteiger charge is 2.31. The lowest BCUT2D eigenvalue weighted by Crippen LogP contribution is -2.32. The number of pyridine rings is 1. The fraction of sp³-hybridized carbons (Fsp3) is 0.450. The maximum atomic E-state index is 12.9. The maximum Gasteiger partial charge on any atom is 0.417 e. The molecule has 28 heavy (non-hydrogen) atoms. The van der Waals surface area contributed by atoms with Crippen molar-refractivity contribution in [1.29, 1.82) is 0 Å². The molecule has 0 spiro atoms. The largest absolute Gasteiger partial charge is 0.494 e.